The smallest absolute Gasteiger partial charge is 0.0945 e. The van der Waals surface area contributed by atoms with Crippen molar-refractivity contribution in [3.63, 3.8) is 0 Å². The highest BCUT2D eigenvalue weighted by atomic mass is 16.5. The number of aliphatic hydroxyl groups is 1. The van der Waals surface area contributed by atoms with Gasteiger partial charge in [-0.1, -0.05) is 32.0 Å². The number of nitrogens with one attached hydrogen (secondary N) is 1. The van der Waals surface area contributed by atoms with Crippen LogP contribution in [0.5, 0.6) is 0 Å². The molecule has 0 bridgehead atoms. The van der Waals surface area contributed by atoms with E-state index in [1.54, 1.807) is 0 Å². The summed E-state index contributed by atoms with van der Waals surface area (Å²) in [6.45, 7) is 11.5. The van der Waals surface area contributed by atoms with Crippen LogP contribution in [0.1, 0.15) is 38.3 Å². The molecule has 2 unspecified atom stereocenters. The van der Waals surface area contributed by atoms with Crippen molar-refractivity contribution in [2.45, 2.75) is 53.2 Å². The fourth-order valence-electron chi connectivity index (χ4n) is 2.38. The van der Waals surface area contributed by atoms with Crippen molar-refractivity contribution in [1.82, 2.24) is 0 Å². The number of aliphatic hydroxyl groups excluding tert-OH is 1. The quantitative estimate of drug-likeness (QED) is 0.765. The number of rotatable bonds is 8. The summed E-state index contributed by atoms with van der Waals surface area (Å²) in [6, 6.07) is 6.19. The third kappa shape index (κ3) is 5.93. The molecule has 1 rings (SSSR count). The van der Waals surface area contributed by atoms with Crippen LogP contribution in [0.15, 0.2) is 18.2 Å². The number of anilines is 1. The van der Waals surface area contributed by atoms with Crippen molar-refractivity contribution in [3.05, 3.63) is 29.3 Å². The Morgan fingerprint density at radius 2 is 1.75 bits per heavy atom. The molecule has 3 heteroatoms. The predicted octanol–water partition coefficient (Wildman–Crippen LogP) is 3.53. The second-order valence-electron chi connectivity index (χ2n) is 6.08. The Hall–Kier alpha value is -1.06. The maximum absolute atomic E-state index is 9.99. The van der Waals surface area contributed by atoms with E-state index in [1.165, 1.54) is 11.1 Å². The van der Waals surface area contributed by atoms with Crippen molar-refractivity contribution in [3.8, 4) is 0 Å². The third-order valence-electron chi connectivity index (χ3n) is 3.37. The summed E-state index contributed by atoms with van der Waals surface area (Å²) in [5, 5.41) is 13.3. The second kappa shape index (κ2) is 8.28. The van der Waals surface area contributed by atoms with Crippen molar-refractivity contribution < 1.29 is 9.84 Å². The lowest BCUT2D eigenvalue weighted by molar-refractivity contribution is -0.00444. The minimum atomic E-state index is -0.483. The van der Waals surface area contributed by atoms with Crippen molar-refractivity contribution in [1.29, 1.82) is 0 Å². The van der Waals surface area contributed by atoms with Gasteiger partial charge in [0.15, 0.2) is 0 Å². The van der Waals surface area contributed by atoms with Crippen molar-refractivity contribution >= 4 is 5.69 Å². The Morgan fingerprint density at radius 1 is 1.15 bits per heavy atom. The Bertz CT molecular complexity index is 384. The lowest BCUT2D eigenvalue weighted by Crippen LogP contribution is -2.27. The molecule has 0 aromatic heterocycles. The van der Waals surface area contributed by atoms with Gasteiger partial charge in [0.25, 0.3) is 0 Å². The van der Waals surface area contributed by atoms with Crippen LogP contribution >= 0.6 is 0 Å². The Balaban J connectivity index is 2.35. The molecule has 114 valence electrons. The van der Waals surface area contributed by atoms with E-state index in [1.807, 2.05) is 6.07 Å². The predicted molar refractivity (Wildman–Crippen MR) is 85.3 cm³/mol. The van der Waals surface area contributed by atoms with Gasteiger partial charge in [-0.05, 0) is 44.2 Å². The highest BCUT2D eigenvalue weighted by molar-refractivity contribution is 5.56. The number of benzene rings is 1. The number of ether oxygens (including phenoxy) is 1. The van der Waals surface area contributed by atoms with Crippen LogP contribution in [0.4, 0.5) is 5.69 Å². The molecule has 3 nitrogen and oxygen atoms in total. The van der Waals surface area contributed by atoms with Gasteiger partial charge < -0.3 is 15.2 Å². The van der Waals surface area contributed by atoms with Crippen LogP contribution in [-0.2, 0) is 4.74 Å². The van der Waals surface area contributed by atoms with E-state index in [0.717, 1.165) is 12.1 Å². The topological polar surface area (TPSA) is 41.5 Å². The number of hydrogen-bond acceptors (Lipinski definition) is 3. The first kappa shape index (κ1) is 17.0. The minimum Gasteiger partial charge on any atom is -0.389 e. The summed E-state index contributed by atoms with van der Waals surface area (Å²) in [5.74, 6) is 0.620. The largest absolute Gasteiger partial charge is 0.389 e. The normalized spacial score (nSPS) is 14.3. The zero-order valence-corrected chi connectivity index (χ0v) is 13.4. The molecule has 1 aromatic carbocycles. The molecule has 2 N–H and O–H groups in total. The molecule has 0 amide bonds. The molecule has 20 heavy (non-hydrogen) atoms. The maximum Gasteiger partial charge on any atom is 0.0945 e. The summed E-state index contributed by atoms with van der Waals surface area (Å²) >= 11 is 0. The van der Waals surface area contributed by atoms with Crippen LogP contribution in [0.2, 0.25) is 0 Å². The zero-order valence-electron chi connectivity index (χ0n) is 13.4. The molecule has 0 heterocycles. The van der Waals surface area contributed by atoms with Crippen LogP contribution in [-0.4, -0.2) is 30.5 Å². The van der Waals surface area contributed by atoms with E-state index >= 15 is 0 Å². The minimum absolute atomic E-state index is 0.199. The molecule has 1 aromatic rings. The van der Waals surface area contributed by atoms with E-state index in [-0.39, 0.29) is 6.10 Å². The van der Waals surface area contributed by atoms with Gasteiger partial charge in [0.1, 0.15) is 0 Å². The van der Waals surface area contributed by atoms with E-state index in [4.69, 9.17) is 4.74 Å². The van der Waals surface area contributed by atoms with Crippen LogP contribution in [0, 0.1) is 19.8 Å². The Morgan fingerprint density at radius 3 is 2.30 bits per heavy atom. The fourth-order valence-corrected chi connectivity index (χ4v) is 2.38. The molecular formula is C17H29NO2. The van der Waals surface area contributed by atoms with Gasteiger partial charge in [-0.15, -0.1) is 0 Å². The summed E-state index contributed by atoms with van der Waals surface area (Å²) < 4.78 is 5.67. The molecule has 0 fully saturated rings. The second-order valence-corrected chi connectivity index (χ2v) is 6.08. The van der Waals surface area contributed by atoms with Crippen molar-refractivity contribution in [2.24, 2.45) is 5.92 Å². The van der Waals surface area contributed by atoms with Crippen molar-refractivity contribution in [2.75, 3.05) is 18.5 Å². The summed E-state index contributed by atoms with van der Waals surface area (Å²) in [6.07, 6.45) is 0.741. The van der Waals surface area contributed by atoms with E-state index in [9.17, 15) is 5.11 Å². The lowest BCUT2D eigenvalue weighted by atomic mass is 10.1. The first-order chi connectivity index (χ1) is 9.40. The van der Waals surface area contributed by atoms with Crippen LogP contribution in [0.25, 0.3) is 0 Å². The summed E-state index contributed by atoms with van der Waals surface area (Å²) in [4.78, 5) is 0. The van der Waals surface area contributed by atoms with E-state index < -0.39 is 6.10 Å². The molecule has 0 saturated carbocycles. The first-order valence-corrected chi connectivity index (χ1v) is 7.50. The van der Waals surface area contributed by atoms with Gasteiger partial charge in [-0.25, -0.2) is 0 Å². The van der Waals surface area contributed by atoms with Gasteiger partial charge in [-0.2, -0.15) is 0 Å². The highest BCUT2D eigenvalue weighted by Crippen LogP contribution is 2.19. The van der Waals surface area contributed by atoms with E-state index in [0.29, 0.717) is 19.1 Å². The van der Waals surface area contributed by atoms with Gasteiger partial charge >= 0.3 is 0 Å². The van der Waals surface area contributed by atoms with Crippen LogP contribution < -0.4 is 5.32 Å². The SMILES string of the molecule is Cc1cccc(C)c1NCC(O)COC(C)CC(C)C. The van der Waals surface area contributed by atoms with Crippen LogP contribution in [0.3, 0.4) is 0 Å². The number of para-hydroxylation sites is 1. The standard InChI is InChI=1S/C17H29NO2/c1-12(2)9-15(5)20-11-16(19)10-18-17-13(3)7-6-8-14(17)4/h6-8,12,15-16,18-19H,9-11H2,1-5H3. The average molecular weight is 279 g/mol. The Kier molecular flexibility index (Phi) is 7.03. The molecule has 2 atom stereocenters. The summed E-state index contributed by atoms with van der Waals surface area (Å²) in [7, 11) is 0. The maximum atomic E-state index is 9.99. The van der Waals surface area contributed by atoms with Gasteiger partial charge in [0.2, 0.25) is 0 Å². The molecule has 0 aliphatic heterocycles. The molecule has 0 radical (unpaired) electrons. The third-order valence-corrected chi connectivity index (χ3v) is 3.37. The monoisotopic (exact) mass is 279 g/mol. The number of aryl methyl sites for hydroxylation is 2. The molecule has 0 aliphatic rings. The van der Waals surface area contributed by atoms with Gasteiger partial charge in [-0.3, -0.25) is 0 Å². The Labute approximate surface area is 123 Å². The van der Waals surface area contributed by atoms with Gasteiger partial charge in [0.05, 0.1) is 18.8 Å². The van der Waals surface area contributed by atoms with Gasteiger partial charge in [0, 0.05) is 12.2 Å². The summed E-state index contributed by atoms with van der Waals surface area (Å²) in [5.41, 5.74) is 3.51. The highest BCUT2D eigenvalue weighted by Gasteiger charge is 2.10. The average Bonchev–Trinajstić information content (AvgIpc) is 2.35. The lowest BCUT2D eigenvalue weighted by Gasteiger charge is -2.19. The zero-order chi connectivity index (χ0) is 15.1. The molecular weight excluding hydrogens is 250 g/mol. The fraction of sp³-hybridized carbons (Fsp3) is 0.647. The molecule has 0 saturated heterocycles. The number of hydrogen-bond donors (Lipinski definition) is 2. The molecule has 0 aliphatic carbocycles. The van der Waals surface area contributed by atoms with E-state index in [2.05, 4.69) is 52.1 Å². The molecule has 0 spiro atoms. The first-order valence-electron chi connectivity index (χ1n) is 7.50.